The fraction of sp³-hybridized carbons (Fsp3) is 0.632. The Morgan fingerprint density at radius 3 is 2.83 bits per heavy atom. The molecule has 0 aliphatic carbocycles. The van der Waals surface area contributed by atoms with Gasteiger partial charge in [-0.05, 0) is 50.3 Å². The van der Waals surface area contributed by atoms with E-state index in [1.165, 1.54) is 0 Å². The molecule has 1 aromatic carbocycles. The molecule has 0 radical (unpaired) electrons. The van der Waals surface area contributed by atoms with E-state index in [1.807, 2.05) is 38.1 Å². The zero-order chi connectivity index (χ0) is 17.5. The van der Waals surface area contributed by atoms with Crippen molar-refractivity contribution in [3.63, 3.8) is 0 Å². The molecule has 2 rings (SSSR count). The summed E-state index contributed by atoms with van der Waals surface area (Å²) in [5.41, 5.74) is 3.10. The van der Waals surface area contributed by atoms with Crippen LogP contribution in [0.5, 0.6) is 0 Å². The highest BCUT2D eigenvalue weighted by molar-refractivity contribution is 5.91. The second-order valence-corrected chi connectivity index (χ2v) is 6.69. The van der Waals surface area contributed by atoms with Crippen LogP contribution in [-0.2, 0) is 4.74 Å². The molecular weight excluding hydrogens is 302 g/mol. The highest BCUT2D eigenvalue weighted by Crippen LogP contribution is 2.25. The van der Waals surface area contributed by atoms with Gasteiger partial charge in [0, 0.05) is 45.2 Å². The first kappa shape index (κ1) is 18.6. The normalized spacial score (nSPS) is 18.2. The highest BCUT2D eigenvalue weighted by Gasteiger charge is 2.21. The molecule has 2 amide bonds. The Hall–Kier alpha value is -1.75. The Bertz CT molecular complexity index is 545. The van der Waals surface area contributed by atoms with E-state index in [-0.39, 0.29) is 6.03 Å². The lowest BCUT2D eigenvalue weighted by Crippen LogP contribution is -2.36. The highest BCUT2D eigenvalue weighted by atomic mass is 16.5. The van der Waals surface area contributed by atoms with Gasteiger partial charge in [-0.3, -0.25) is 0 Å². The van der Waals surface area contributed by atoms with E-state index in [4.69, 9.17) is 4.74 Å². The summed E-state index contributed by atoms with van der Waals surface area (Å²) in [6.07, 6.45) is 4.30. The topological polar surface area (TPSA) is 44.8 Å². The van der Waals surface area contributed by atoms with Gasteiger partial charge in [0.1, 0.15) is 0 Å². The summed E-state index contributed by atoms with van der Waals surface area (Å²) in [5, 5.41) is 3.08. The van der Waals surface area contributed by atoms with Crippen molar-refractivity contribution in [2.75, 3.05) is 44.0 Å². The Morgan fingerprint density at radius 2 is 2.12 bits per heavy atom. The molecule has 1 aliphatic heterocycles. The van der Waals surface area contributed by atoms with Gasteiger partial charge in [0.05, 0.1) is 6.10 Å². The van der Waals surface area contributed by atoms with Crippen LogP contribution in [0.4, 0.5) is 16.2 Å². The fourth-order valence-electron chi connectivity index (χ4n) is 3.16. The van der Waals surface area contributed by atoms with Crippen LogP contribution in [0.3, 0.4) is 0 Å². The molecule has 0 saturated carbocycles. The van der Waals surface area contributed by atoms with Gasteiger partial charge in [-0.1, -0.05) is 13.0 Å². The summed E-state index contributed by atoms with van der Waals surface area (Å²) >= 11 is 0. The molecule has 1 aliphatic rings. The molecule has 1 fully saturated rings. The van der Waals surface area contributed by atoms with Gasteiger partial charge in [0.15, 0.2) is 0 Å². The smallest absolute Gasteiger partial charge is 0.321 e. The summed E-state index contributed by atoms with van der Waals surface area (Å²) in [6.45, 7) is 6.53. The largest absolute Gasteiger partial charge is 0.378 e. The van der Waals surface area contributed by atoms with Gasteiger partial charge in [-0.25, -0.2) is 4.79 Å². The molecular formula is C19H31N3O2. The van der Waals surface area contributed by atoms with E-state index in [0.717, 1.165) is 62.3 Å². The monoisotopic (exact) mass is 333 g/mol. The number of amides is 2. The van der Waals surface area contributed by atoms with E-state index >= 15 is 0 Å². The summed E-state index contributed by atoms with van der Waals surface area (Å²) < 4.78 is 5.86. The van der Waals surface area contributed by atoms with Crippen LogP contribution in [-0.4, -0.2) is 50.8 Å². The molecule has 5 heteroatoms. The molecule has 5 nitrogen and oxygen atoms in total. The number of rotatable bonds is 5. The second-order valence-electron chi connectivity index (χ2n) is 6.69. The molecule has 134 valence electrons. The molecule has 1 aromatic rings. The first-order chi connectivity index (χ1) is 11.5. The standard InChI is InChI=1S/C19H31N3O2/c1-5-14-24-16-8-7-12-22(13-11-16)19(23)20-17-9-6-10-18(15(17)2)21(3)4/h6,9-10,16H,5,7-8,11-14H2,1-4H3,(H,20,23)/t16-/m1/s1. The quantitative estimate of drug-likeness (QED) is 0.889. The van der Waals surface area contributed by atoms with Gasteiger partial charge in [-0.15, -0.1) is 0 Å². The van der Waals surface area contributed by atoms with Crippen LogP contribution in [0.2, 0.25) is 0 Å². The van der Waals surface area contributed by atoms with Crippen molar-refractivity contribution in [2.45, 2.75) is 45.6 Å². The minimum atomic E-state index is -0.00912. The second kappa shape index (κ2) is 8.92. The van der Waals surface area contributed by atoms with Crippen LogP contribution in [0.25, 0.3) is 0 Å². The van der Waals surface area contributed by atoms with Gasteiger partial charge >= 0.3 is 6.03 Å². The first-order valence-electron chi connectivity index (χ1n) is 8.97. The molecule has 1 atom stereocenters. The number of anilines is 2. The Morgan fingerprint density at radius 1 is 1.33 bits per heavy atom. The Balaban J connectivity index is 1.96. The van der Waals surface area contributed by atoms with Crippen molar-refractivity contribution in [1.29, 1.82) is 0 Å². The number of hydrogen-bond acceptors (Lipinski definition) is 3. The zero-order valence-corrected chi connectivity index (χ0v) is 15.5. The van der Waals surface area contributed by atoms with Crippen LogP contribution in [0.1, 0.15) is 38.2 Å². The van der Waals surface area contributed by atoms with Gasteiger partial charge in [-0.2, -0.15) is 0 Å². The predicted octanol–water partition coefficient (Wildman–Crippen LogP) is 3.87. The molecule has 0 unspecified atom stereocenters. The molecule has 1 N–H and O–H groups in total. The minimum Gasteiger partial charge on any atom is -0.378 e. The van der Waals surface area contributed by atoms with E-state index in [0.29, 0.717) is 6.10 Å². The van der Waals surface area contributed by atoms with Crippen molar-refractivity contribution >= 4 is 17.4 Å². The Kier molecular flexibility index (Phi) is 6.91. The third-order valence-electron chi connectivity index (χ3n) is 4.55. The van der Waals surface area contributed by atoms with Gasteiger partial charge in [0.25, 0.3) is 0 Å². The number of ether oxygens (including phenoxy) is 1. The van der Waals surface area contributed by atoms with Crippen molar-refractivity contribution < 1.29 is 9.53 Å². The number of nitrogens with one attached hydrogen (secondary N) is 1. The van der Waals surface area contributed by atoms with Crippen molar-refractivity contribution in [3.8, 4) is 0 Å². The number of likely N-dealkylation sites (tertiary alicyclic amines) is 1. The average molecular weight is 333 g/mol. The van der Waals surface area contributed by atoms with E-state index in [2.05, 4.69) is 23.2 Å². The maximum Gasteiger partial charge on any atom is 0.321 e. The predicted molar refractivity (Wildman–Crippen MR) is 100.0 cm³/mol. The van der Waals surface area contributed by atoms with Gasteiger partial charge < -0.3 is 19.9 Å². The van der Waals surface area contributed by atoms with Crippen LogP contribution >= 0.6 is 0 Å². The lowest BCUT2D eigenvalue weighted by Gasteiger charge is -2.23. The molecule has 24 heavy (non-hydrogen) atoms. The number of nitrogens with zero attached hydrogens (tertiary/aromatic N) is 2. The Labute approximate surface area is 146 Å². The van der Waals surface area contributed by atoms with Crippen LogP contribution in [0.15, 0.2) is 18.2 Å². The van der Waals surface area contributed by atoms with E-state index in [9.17, 15) is 4.79 Å². The lowest BCUT2D eigenvalue weighted by atomic mass is 10.1. The number of benzene rings is 1. The number of urea groups is 1. The number of carbonyl (C=O) groups excluding carboxylic acids is 1. The fourth-order valence-corrected chi connectivity index (χ4v) is 3.16. The summed E-state index contributed by atoms with van der Waals surface area (Å²) in [5.74, 6) is 0. The number of hydrogen-bond donors (Lipinski definition) is 1. The van der Waals surface area contributed by atoms with Crippen molar-refractivity contribution in [3.05, 3.63) is 23.8 Å². The molecule has 1 saturated heterocycles. The maximum atomic E-state index is 12.6. The lowest BCUT2D eigenvalue weighted by molar-refractivity contribution is 0.0446. The van der Waals surface area contributed by atoms with E-state index in [1.54, 1.807) is 0 Å². The summed E-state index contributed by atoms with van der Waals surface area (Å²) in [4.78, 5) is 16.6. The zero-order valence-electron chi connectivity index (χ0n) is 15.5. The third-order valence-corrected chi connectivity index (χ3v) is 4.55. The third kappa shape index (κ3) is 4.87. The molecule has 0 aromatic heterocycles. The first-order valence-corrected chi connectivity index (χ1v) is 8.97. The van der Waals surface area contributed by atoms with Crippen molar-refractivity contribution in [1.82, 2.24) is 4.90 Å². The number of carbonyl (C=O) groups is 1. The summed E-state index contributed by atoms with van der Waals surface area (Å²) in [7, 11) is 4.03. The average Bonchev–Trinajstić information content (AvgIpc) is 2.80. The van der Waals surface area contributed by atoms with Crippen LogP contribution in [0, 0.1) is 6.92 Å². The molecule has 0 spiro atoms. The SMILES string of the molecule is CCCO[C@@H]1CCCN(C(=O)Nc2cccc(N(C)C)c2C)CC1. The van der Waals surface area contributed by atoms with Crippen LogP contribution < -0.4 is 10.2 Å². The minimum absolute atomic E-state index is 0.00912. The summed E-state index contributed by atoms with van der Waals surface area (Å²) in [6, 6.07) is 6.00. The van der Waals surface area contributed by atoms with Gasteiger partial charge in [0.2, 0.25) is 0 Å². The molecule has 1 heterocycles. The molecule has 0 bridgehead atoms. The van der Waals surface area contributed by atoms with E-state index < -0.39 is 0 Å². The van der Waals surface area contributed by atoms with Crippen molar-refractivity contribution in [2.24, 2.45) is 0 Å². The maximum absolute atomic E-state index is 12.6.